The number of nitrogens with zero attached hydrogens (tertiary/aromatic N) is 1. The first-order valence-corrected chi connectivity index (χ1v) is 10.3. The molecule has 0 unspecified atom stereocenters. The van der Waals surface area contributed by atoms with Gasteiger partial charge in [-0.2, -0.15) is 4.31 Å². The van der Waals surface area contributed by atoms with E-state index < -0.39 is 15.9 Å². The molecule has 2 aromatic rings. The van der Waals surface area contributed by atoms with Gasteiger partial charge in [0.15, 0.2) is 0 Å². The van der Waals surface area contributed by atoms with Gasteiger partial charge in [0.1, 0.15) is 5.75 Å². The van der Waals surface area contributed by atoms with E-state index in [2.05, 4.69) is 5.32 Å². The van der Waals surface area contributed by atoms with Crippen molar-refractivity contribution in [2.45, 2.75) is 25.7 Å². The number of carbonyl (C=O) groups excluding carboxylic acids is 1. The smallest absolute Gasteiger partial charge is 0.255 e. The van der Waals surface area contributed by atoms with Crippen LogP contribution in [0.5, 0.6) is 5.75 Å². The summed E-state index contributed by atoms with van der Waals surface area (Å²) in [6, 6.07) is 9.47. The fourth-order valence-electron chi connectivity index (χ4n) is 2.69. The zero-order valence-electron chi connectivity index (χ0n) is 15.7. The van der Waals surface area contributed by atoms with Gasteiger partial charge in [-0.1, -0.05) is 31.5 Å². The Labute approximate surface area is 165 Å². The average Bonchev–Trinajstić information content (AvgIpc) is 2.62. The lowest BCUT2D eigenvalue weighted by Gasteiger charge is -2.20. The van der Waals surface area contributed by atoms with Gasteiger partial charge in [-0.15, -0.1) is 0 Å². The van der Waals surface area contributed by atoms with Crippen molar-refractivity contribution in [2.75, 3.05) is 25.5 Å². The number of nitrogens with one attached hydrogen (secondary N) is 1. The van der Waals surface area contributed by atoms with Crippen LogP contribution in [0.3, 0.4) is 0 Å². The third-order valence-electron chi connectivity index (χ3n) is 4.18. The summed E-state index contributed by atoms with van der Waals surface area (Å²) in [5, 5.41) is 3.16. The molecule has 146 valence electrons. The largest absolute Gasteiger partial charge is 0.495 e. The molecule has 6 nitrogen and oxygen atoms in total. The fourth-order valence-corrected chi connectivity index (χ4v) is 4.58. The van der Waals surface area contributed by atoms with E-state index in [1.165, 1.54) is 17.5 Å². The number of benzene rings is 2. The molecular weight excluding hydrogens is 388 g/mol. The fraction of sp³-hybridized carbons (Fsp3) is 0.316. The number of methoxy groups -OCH3 is 1. The van der Waals surface area contributed by atoms with Crippen molar-refractivity contribution in [1.82, 2.24) is 4.31 Å². The first kappa shape index (κ1) is 21.2. The predicted molar refractivity (Wildman–Crippen MR) is 107 cm³/mol. The van der Waals surface area contributed by atoms with Crippen LogP contribution in [-0.2, 0) is 10.0 Å². The lowest BCUT2D eigenvalue weighted by atomic mass is 10.1. The van der Waals surface area contributed by atoms with E-state index in [1.54, 1.807) is 51.1 Å². The van der Waals surface area contributed by atoms with Gasteiger partial charge >= 0.3 is 0 Å². The maximum Gasteiger partial charge on any atom is 0.255 e. The number of carbonyl (C=O) groups is 1. The molecule has 0 fully saturated rings. The average molecular weight is 411 g/mol. The van der Waals surface area contributed by atoms with Crippen LogP contribution in [0.25, 0.3) is 0 Å². The van der Waals surface area contributed by atoms with Crippen molar-refractivity contribution in [3.05, 3.63) is 52.5 Å². The highest BCUT2D eigenvalue weighted by Gasteiger charge is 2.25. The van der Waals surface area contributed by atoms with Crippen molar-refractivity contribution in [2.24, 2.45) is 0 Å². The summed E-state index contributed by atoms with van der Waals surface area (Å²) >= 11 is 5.98. The van der Waals surface area contributed by atoms with Crippen molar-refractivity contribution < 1.29 is 17.9 Å². The molecule has 0 radical (unpaired) electrons. The van der Waals surface area contributed by atoms with Gasteiger partial charge in [0.2, 0.25) is 10.0 Å². The lowest BCUT2D eigenvalue weighted by molar-refractivity contribution is 0.102. The van der Waals surface area contributed by atoms with E-state index in [4.69, 9.17) is 16.3 Å². The molecule has 2 aromatic carbocycles. The Bertz CT molecular complexity index is 941. The minimum Gasteiger partial charge on any atom is -0.495 e. The quantitative estimate of drug-likeness (QED) is 0.750. The first-order chi connectivity index (χ1) is 12.7. The SMILES string of the molecule is CCN(CC)S(=O)(=O)c1cc(C(=O)Nc2cc(Cl)ccc2OC)ccc1C. The second-order valence-corrected chi connectivity index (χ2v) is 8.21. The molecule has 2 rings (SSSR count). The van der Waals surface area contributed by atoms with Crippen molar-refractivity contribution in [3.63, 3.8) is 0 Å². The van der Waals surface area contributed by atoms with Gasteiger partial charge in [-0.25, -0.2) is 8.42 Å². The number of ether oxygens (including phenoxy) is 1. The second-order valence-electron chi connectivity index (χ2n) is 5.87. The zero-order chi connectivity index (χ0) is 20.2. The van der Waals surface area contributed by atoms with Crippen LogP contribution in [0.1, 0.15) is 29.8 Å². The summed E-state index contributed by atoms with van der Waals surface area (Å²) in [5.41, 5.74) is 1.22. The van der Waals surface area contributed by atoms with Crippen LogP contribution in [0.15, 0.2) is 41.3 Å². The third kappa shape index (κ3) is 4.61. The summed E-state index contributed by atoms with van der Waals surface area (Å²) in [5.74, 6) is 0.00223. The minimum absolute atomic E-state index is 0.122. The number of rotatable bonds is 7. The van der Waals surface area contributed by atoms with Gasteiger partial charge < -0.3 is 10.1 Å². The monoisotopic (exact) mass is 410 g/mol. The number of halogens is 1. The number of anilines is 1. The summed E-state index contributed by atoms with van der Waals surface area (Å²) < 4.78 is 32.3. The first-order valence-electron chi connectivity index (χ1n) is 8.50. The summed E-state index contributed by atoms with van der Waals surface area (Å²) in [6.07, 6.45) is 0. The van der Waals surface area contributed by atoms with E-state index in [-0.39, 0.29) is 10.5 Å². The molecule has 0 aromatic heterocycles. The molecule has 0 aliphatic rings. The molecule has 27 heavy (non-hydrogen) atoms. The predicted octanol–water partition coefficient (Wildman–Crippen LogP) is 3.94. The Kier molecular flexibility index (Phi) is 6.86. The summed E-state index contributed by atoms with van der Waals surface area (Å²) in [4.78, 5) is 12.8. The van der Waals surface area contributed by atoms with E-state index in [0.29, 0.717) is 35.1 Å². The van der Waals surface area contributed by atoms with Crippen LogP contribution in [-0.4, -0.2) is 38.8 Å². The van der Waals surface area contributed by atoms with Gasteiger partial charge in [-0.3, -0.25) is 4.79 Å². The molecule has 0 saturated carbocycles. The number of amides is 1. The van der Waals surface area contributed by atoms with Crippen molar-refractivity contribution >= 4 is 33.2 Å². The Morgan fingerprint density at radius 1 is 1.15 bits per heavy atom. The lowest BCUT2D eigenvalue weighted by Crippen LogP contribution is -2.31. The van der Waals surface area contributed by atoms with Crippen molar-refractivity contribution in [1.29, 1.82) is 0 Å². The van der Waals surface area contributed by atoms with Gasteiger partial charge in [0.25, 0.3) is 5.91 Å². The molecule has 0 heterocycles. The van der Waals surface area contributed by atoms with Gasteiger partial charge in [0.05, 0.1) is 17.7 Å². The Hall–Kier alpha value is -2.09. The second kappa shape index (κ2) is 8.73. The summed E-state index contributed by atoms with van der Waals surface area (Å²) in [6.45, 7) is 5.97. The maximum absolute atomic E-state index is 12.9. The molecular formula is C19H23ClN2O4S. The molecule has 1 N–H and O–H groups in total. The maximum atomic E-state index is 12.9. The molecule has 8 heteroatoms. The topological polar surface area (TPSA) is 75.7 Å². The van der Waals surface area contributed by atoms with Gasteiger partial charge in [0, 0.05) is 23.7 Å². The van der Waals surface area contributed by atoms with Crippen molar-refractivity contribution in [3.8, 4) is 5.75 Å². The van der Waals surface area contributed by atoms with E-state index >= 15 is 0 Å². The van der Waals surface area contributed by atoms with E-state index in [1.807, 2.05) is 0 Å². The summed E-state index contributed by atoms with van der Waals surface area (Å²) in [7, 11) is -2.19. The molecule has 0 spiro atoms. The Morgan fingerprint density at radius 3 is 2.41 bits per heavy atom. The number of sulfonamides is 1. The number of hydrogen-bond donors (Lipinski definition) is 1. The normalized spacial score (nSPS) is 11.5. The highest BCUT2D eigenvalue weighted by molar-refractivity contribution is 7.89. The van der Waals surface area contributed by atoms with E-state index in [0.717, 1.165) is 0 Å². The molecule has 1 amide bonds. The van der Waals surface area contributed by atoms with Crippen LogP contribution in [0.2, 0.25) is 5.02 Å². The Balaban J connectivity index is 2.41. The van der Waals surface area contributed by atoms with Crippen LogP contribution >= 0.6 is 11.6 Å². The zero-order valence-corrected chi connectivity index (χ0v) is 17.3. The molecule has 0 saturated heterocycles. The minimum atomic E-state index is -3.67. The number of aryl methyl sites for hydroxylation is 1. The Morgan fingerprint density at radius 2 is 1.81 bits per heavy atom. The third-order valence-corrected chi connectivity index (χ3v) is 6.61. The molecule has 0 aliphatic heterocycles. The molecule has 0 bridgehead atoms. The number of hydrogen-bond acceptors (Lipinski definition) is 4. The molecule has 0 atom stereocenters. The van der Waals surface area contributed by atoms with E-state index in [9.17, 15) is 13.2 Å². The van der Waals surface area contributed by atoms with Crippen LogP contribution in [0, 0.1) is 6.92 Å². The molecule has 0 aliphatic carbocycles. The van der Waals surface area contributed by atoms with Gasteiger partial charge in [-0.05, 0) is 42.8 Å². The van der Waals surface area contributed by atoms with Crippen LogP contribution < -0.4 is 10.1 Å². The standard InChI is InChI=1S/C19H23ClN2O4S/c1-5-22(6-2)27(24,25)18-11-14(8-7-13(18)3)19(23)21-16-12-15(20)9-10-17(16)26-4/h7-12H,5-6H2,1-4H3,(H,21,23). The van der Waals surface area contributed by atoms with Crippen LogP contribution in [0.4, 0.5) is 5.69 Å². The highest BCUT2D eigenvalue weighted by Crippen LogP contribution is 2.28. The highest BCUT2D eigenvalue weighted by atomic mass is 35.5.